The molecule has 0 aromatic carbocycles. The lowest BCUT2D eigenvalue weighted by Gasteiger charge is -2.41. The number of aliphatic carboxylic acids is 1. The molecule has 0 radical (unpaired) electrons. The number of rotatable bonds is 5. The number of carbonyl (C=O) groups is 2. The van der Waals surface area contributed by atoms with Crippen molar-refractivity contribution in [1.29, 1.82) is 0 Å². The van der Waals surface area contributed by atoms with Crippen molar-refractivity contribution in [2.24, 2.45) is 11.8 Å². The molecule has 6 nitrogen and oxygen atoms in total. The van der Waals surface area contributed by atoms with Crippen LogP contribution in [0, 0.1) is 11.8 Å². The van der Waals surface area contributed by atoms with Gasteiger partial charge in [0.05, 0.1) is 5.92 Å². The summed E-state index contributed by atoms with van der Waals surface area (Å²) < 4.78 is 10.8. The van der Waals surface area contributed by atoms with Crippen LogP contribution in [0.15, 0.2) is 0 Å². The van der Waals surface area contributed by atoms with Gasteiger partial charge in [0.25, 0.3) is 0 Å². The van der Waals surface area contributed by atoms with Crippen molar-refractivity contribution in [3.63, 3.8) is 0 Å². The zero-order valence-electron chi connectivity index (χ0n) is 10.0. The maximum atomic E-state index is 11.5. The van der Waals surface area contributed by atoms with Crippen molar-refractivity contribution >= 4 is 22.8 Å². The average molecular weight is 262 g/mol. The molecule has 1 saturated heterocycles. The van der Waals surface area contributed by atoms with Crippen LogP contribution in [-0.4, -0.2) is 57.9 Å². The van der Waals surface area contributed by atoms with E-state index in [-0.39, 0.29) is 11.9 Å². The molecule has 0 spiro atoms. The Morgan fingerprint density at radius 3 is 2.59 bits per heavy atom. The van der Waals surface area contributed by atoms with Crippen LogP contribution in [0.1, 0.15) is 6.92 Å². The number of carbonyl (C=O) groups excluding carboxylic acids is 1. The van der Waals surface area contributed by atoms with Gasteiger partial charge in [-0.1, -0.05) is 6.92 Å². The molecule has 1 rings (SSSR count). The number of likely N-dealkylation sites (tertiary alicyclic amines) is 1. The van der Waals surface area contributed by atoms with Crippen molar-refractivity contribution in [2.45, 2.75) is 6.92 Å². The second-order valence-corrected chi connectivity index (χ2v) is 5.86. The lowest BCUT2D eigenvalue weighted by atomic mass is 9.87. The van der Waals surface area contributed by atoms with E-state index in [1.54, 1.807) is 18.1 Å². The molecule has 0 saturated carbocycles. The molecule has 1 aliphatic rings. The Morgan fingerprint density at radius 1 is 1.53 bits per heavy atom. The van der Waals surface area contributed by atoms with Crippen LogP contribution in [0.4, 0.5) is 4.79 Å². The minimum atomic E-state index is -0.911. The highest BCUT2D eigenvalue weighted by atomic mass is 32.2. The molecule has 2 unspecified atom stereocenters. The van der Waals surface area contributed by atoms with Gasteiger partial charge in [0.15, 0.2) is 0 Å². The maximum absolute atomic E-state index is 11.5. The van der Waals surface area contributed by atoms with Gasteiger partial charge in [0.2, 0.25) is 0 Å². The Kier molecular flexibility index (Phi) is 4.92. The number of nitrogens with one attached hydrogen (secondary N) is 1. The molecule has 98 valence electrons. The standard InChI is InChI=1S/C10H18N2O4S/c1-7(9(13)14)8-5-12(6-8)10(15)11-3-4-17(2)16/h7-8H,3-6H2,1-2H3,(H,11,15)(H,13,14). The summed E-state index contributed by atoms with van der Waals surface area (Å²) in [5.74, 6) is -0.758. The minimum absolute atomic E-state index is 0.0403. The molecule has 0 aliphatic carbocycles. The minimum Gasteiger partial charge on any atom is -0.481 e. The van der Waals surface area contributed by atoms with Crippen LogP contribution in [0.25, 0.3) is 0 Å². The van der Waals surface area contributed by atoms with Gasteiger partial charge in [-0.3, -0.25) is 9.00 Å². The second kappa shape index (κ2) is 6.00. The molecule has 2 amide bonds. The van der Waals surface area contributed by atoms with E-state index in [0.29, 0.717) is 25.4 Å². The topological polar surface area (TPSA) is 86.7 Å². The van der Waals surface area contributed by atoms with E-state index in [2.05, 4.69) is 5.32 Å². The first kappa shape index (κ1) is 14.0. The summed E-state index contributed by atoms with van der Waals surface area (Å²) in [6, 6.07) is -0.204. The lowest BCUT2D eigenvalue weighted by Crippen LogP contribution is -2.56. The van der Waals surface area contributed by atoms with Crippen LogP contribution in [0.5, 0.6) is 0 Å². The first-order chi connectivity index (χ1) is 7.91. The van der Waals surface area contributed by atoms with Gasteiger partial charge in [-0.15, -0.1) is 0 Å². The summed E-state index contributed by atoms with van der Waals surface area (Å²) >= 11 is 0. The number of hydrogen-bond acceptors (Lipinski definition) is 3. The third-order valence-corrected chi connectivity index (χ3v) is 3.74. The monoisotopic (exact) mass is 262 g/mol. The van der Waals surface area contributed by atoms with Crippen molar-refractivity contribution in [3.8, 4) is 0 Å². The molecular formula is C10H18N2O4S. The highest BCUT2D eigenvalue weighted by Crippen LogP contribution is 2.23. The smallest absolute Gasteiger partial charge is 0.317 e. The predicted octanol–water partition coefficient (Wildman–Crippen LogP) is -0.273. The molecule has 17 heavy (non-hydrogen) atoms. The largest absolute Gasteiger partial charge is 0.481 e. The van der Waals surface area contributed by atoms with Crippen LogP contribution in [-0.2, 0) is 15.6 Å². The van der Waals surface area contributed by atoms with Crippen LogP contribution in [0.2, 0.25) is 0 Å². The van der Waals surface area contributed by atoms with E-state index >= 15 is 0 Å². The third-order valence-electron chi connectivity index (χ3n) is 2.96. The zero-order valence-corrected chi connectivity index (χ0v) is 10.8. The summed E-state index contributed by atoms with van der Waals surface area (Å²) in [6.45, 7) is 3.00. The number of carboxylic acid groups (broad SMARTS) is 1. The van der Waals surface area contributed by atoms with Gasteiger partial charge in [0, 0.05) is 48.4 Å². The lowest BCUT2D eigenvalue weighted by molar-refractivity contribution is -0.144. The van der Waals surface area contributed by atoms with Gasteiger partial charge in [-0.25, -0.2) is 4.79 Å². The van der Waals surface area contributed by atoms with E-state index in [0.717, 1.165) is 0 Å². The van der Waals surface area contributed by atoms with Crippen molar-refractivity contribution in [2.75, 3.05) is 31.6 Å². The summed E-state index contributed by atoms with van der Waals surface area (Å²) in [5, 5.41) is 11.4. The van der Waals surface area contributed by atoms with E-state index in [9.17, 15) is 13.8 Å². The molecule has 2 atom stereocenters. The number of nitrogens with zero attached hydrogens (tertiary/aromatic N) is 1. The molecule has 1 heterocycles. The maximum Gasteiger partial charge on any atom is 0.317 e. The molecule has 0 aromatic rings. The summed E-state index contributed by atoms with van der Waals surface area (Å²) in [6.07, 6.45) is 1.58. The zero-order chi connectivity index (χ0) is 13.0. The first-order valence-electron chi connectivity index (χ1n) is 5.47. The number of hydrogen-bond donors (Lipinski definition) is 2. The van der Waals surface area contributed by atoms with Gasteiger partial charge in [0.1, 0.15) is 0 Å². The van der Waals surface area contributed by atoms with Gasteiger partial charge in [-0.05, 0) is 0 Å². The fraction of sp³-hybridized carbons (Fsp3) is 0.800. The van der Waals surface area contributed by atoms with E-state index in [4.69, 9.17) is 5.11 Å². The Hall–Kier alpha value is -1.11. The predicted molar refractivity (Wildman–Crippen MR) is 64.2 cm³/mol. The molecule has 7 heteroatoms. The molecular weight excluding hydrogens is 244 g/mol. The molecule has 1 aliphatic heterocycles. The molecule has 0 aromatic heterocycles. The Labute approximate surface area is 103 Å². The van der Waals surface area contributed by atoms with Gasteiger partial charge in [-0.2, -0.15) is 0 Å². The number of amides is 2. The van der Waals surface area contributed by atoms with E-state index in [1.165, 1.54) is 0 Å². The highest BCUT2D eigenvalue weighted by Gasteiger charge is 2.36. The van der Waals surface area contributed by atoms with Crippen molar-refractivity contribution < 1.29 is 18.9 Å². The normalized spacial score (nSPS) is 19.3. The Balaban J connectivity index is 2.21. The summed E-state index contributed by atoms with van der Waals surface area (Å²) in [5.41, 5.74) is 0. The molecule has 2 N–H and O–H groups in total. The number of urea groups is 1. The average Bonchev–Trinajstić information content (AvgIpc) is 2.14. The van der Waals surface area contributed by atoms with E-state index < -0.39 is 22.7 Å². The van der Waals surface area contributed by atoms with Crippen LogP contribution < -0.4 is 5.32 Å². The molecule has 1 fully saturated rings. The third kappa shape index (κ3) is 3.99. The van der Waals surface area contributed by atoms with Crippen molar-refractivity contribution in [3.05, 3.63) is 0 Å². The molecule has 0 bridgehead atoms. The summed E-state index contributed by atoms with van der Waals surface area (Å²) in [4.78, 5) is 23.8. The summed E-state index contributed by atoms with van der Waals surface area (Å²) in [7, 11) is -0.911. The van der Waals surface area contributed by atoms with E-state index in [1.807, 2.05) is 0 Å². The van der Waals surface area contributed by atoms with Crippen LogP contribution in [0.3, 0.4) is 0 Å². The second-order valence-electron chi connectivity index (χ2n) is 4.30. The van der Waals surface area contributed by atoms with Crippen LogP contribution >= 0.6 is 0 Å². The van der Waals surface area contributed by atoms with Crippen molar-refractivity contribution in [1.82, 2.24) is 10.2 Å². The highest BCUT2D eigenvalue weighted by molar-refractivity contribution is 7.84. The van der Waals surface area contributed by atoms with Gasteiger partial charge < -0.3 is 15.3 Å². The Bertz CT molecular complexity index is 328. The fourth-order valence-electron chi connectivity index (χ4n) is 1.61. The Morgan fingerprint density at radius 2 is 2.12 bits per heavy atom. The SMILES string of the molecule is CC(C(=O)O)C1CN(C(=O)NCCS(C)=O)C1. The quantitative estimate of drug-likeness (QED) is 0.714. The number of carboxylic acids is 1. The first-order valence-corrected chi connectivity index (χ1v) is 7.20. The fourth-order valence-corrected chi connectivity index (χ4v) is 2.00. The van der Waals surface area contributed by atoms with Gasteiger partial charge >= 0.3 is 12.0 Å².